The van der Waals surface area contributed by atoms with Crippen molar-refractivity contribution < 1.29 is 22.7 Å². The van der Waals surface area contributed by atoms with E-state index in [4.69, 9.17) is 9.47 Å². The van der Waals surface area contributed by atoms with Gasteiger partial charge in [-0.25, -0.2) is 8.42 Å². The van der Waals surface area contributed by atoms with Crippen molar-refractivity contribution in [1.82, 2.24) is 14.1 Å². The van der Waals surface area contributed by atoms with Crippen molar-refractivity contribution in [2.24, 2.45) is 0 Å². The third-order valence-corrected chi connectivity index (χ3v) is 6.10. The SMILES string of the molecule is CCOc1ccc(CN(CC)CC(=O)N2CCN(S(C)(=O)=O)CC2)cc1OC. The Morgan fingerprint density at radius 1 is 1.14 bits per heavy atom. The molecule has 0 atom stereocenters. The lowest BCUT2D eigenvalue weighted by Crippen LogP contribution is -2.52. The standard InChI is InChI=1S/C19H31N3O5S/c1-5-20(14-16-7-8-17(27-6-2)18(13-16)26-3)15-19(23)21-9-11-22(12-10-21)28(4,24)25/h7-8,13H,5-6,9-12,14-15H2,1-4H3. The van der Waals surface area contributed by atoms with Gasteiger partial charge in [-0.3, -0.25) is 9.69 Å². The van der Waals surface area contributed by atoms with Crippen LogP contribution >= 0.6 is 0 Å². The Hall–Kier alpha value is -1.84. The summed E-state index contributed by atoms with van der Waals surface area (Å²) in [6.45, 7) is 7.72. The minimum absolute atomic E-state index is 0.0212. The average Bonchev–Trinajstić information content (AvgIpc) is 2.68. The quantitative estimate of drug-likeness (QED) is 0.601. The van der Waals surface area contributed by atoms with E-state index in [2.05, 4.69) is 4.90 Å². The summed E-state index contributed by atoms with van der Waals surface area (Å²) in [7, 11) is -1.58. The van der Waals surface area contributed by atoms with E-state index in [9.17, 15) is 13.2 Å². The third kappa shape index (κ3) is 6.08. The van der Waals surface area contributed by atoms with Crippen LogP contribution in [-0.2, 0) is 21.4 Å². The lowest BCUT2D eigenvalue weighted by Gasteiger charge is -2.34. The van der Waals surface area contributed by atoms with Gasteiger partial charge in [0.15, 0.2) is 11.5 Å². The minimum atomic E-state index is -3.19. The fourth-order valence-electron chi connectivity index (χ4n) is 3.18. The minimum Gasteiger partial charge on any atom is -0.493 e. The van der Waals surface area contributed by atoms with Gasteiger partial charge in [-0.05, 0) is 31.2 Å². The first-order valence-corrected chi connectivity index (χ1v) is 11.4. The van der Waals surface area contributed by atoms with Crippen LogP contribution in [-0.4, -0.2) is 87.7 Å². The molecular formula is C19H31N3O5S. The molecule has 1 aliphatic rings. The van der Waals surface area contributed by atoms with Crippen LogP contribution in [0.5, 0.6) is 11.5 Å². The Labute approximate surface area is 168 Å². The molecule has 1 aliphatic heterocycles. The topological polar surface area (TPSA) is 79.4 Å². The number of sulfonamides is 1. The van der Waals surface area contributed by atoms with Crippen molar-refractivity contribution in [3.63, 3.8) is 0 Å². The molecule has 0 saturated carbocycles. The number of piperazine rings is 1. The number of nitrogens with zero attached hydrogens (tertiary/aromatic N) is 3. The molecule has 1 heterocycles. The van der Waals surface area contributed by atoms with Gasteiger partial charge in [-0.15, -0.1) is 0 Å². The lowest BCUT2D eigenvalue weighted by atomic mass is 10.2. The van der Waals surface area contributed by atoms with Gasteiger partial charge < -0.3 is 14.4 Å². The van der Waals surface area contributed by atoms with Gasteiger partial charge in [-0.2, -0.15) is 4.31 Å². The second-order valence-corrected chi connectivity index (χ2v) is 8.75. The van der Waals surface area contributed by atoms with Gasteiger partial charge in [0.05, 0.1) is 26.5 Å². The van der Waals surface area contributed by atoms with Crippen LogP contribution in [0.4, 0.5) is 0 Å². The highest BCUT2D eigenvalue weighted by Crippen LogP contribution is 2.28. The number of methoxy groups -OCH3 is 1. The maximum atomic E-state index is 12.6. The second kappa shape index (κ2) is 10.1. The van der Waals surface area contributed by atoms with E-state index in [0.717, 1.165) is 12.1 Å². The maximum absolute atomic E-state index is 12.6. The molecule has 1 aromatic rings. The zero-order chi connectivity index (χ0) is 20.7. The fourth-order valence-corrected chi connectivity index (χ4v) is 4.01. The van der Waals surface area contributed by atoms with Crippen LogP contribution < -0.4 is 9.47 Å². The van der Waals surface area contributed by atoms with Gasteiger partial charge >= 0.3 is 0 Å². The summed E-state index contributed by atoms with van der Waals surface area (Å²) in [5.41, 5.74) is 1.04. The van der Waals surface area contributed by atoms with Gasteiger partial charge in [0, 0.05) is 32.7 Å². The number of benzene rings is 1. The molecular weight excluding hydrogens is 382 g/mol. The summed E-state index contributed by atoms with van der Waals surface area (Å²) in [4.78, 5) is 16.4. The Balaban J connectivity index is 1.94. The zero-order valence-electron chi connectivity index (χ0n) is 17.2. The van der Waals surface area contributed by atoms with Crippen molar-refractivity contribution in [3.05, 3.63) is 23.8 Å². The maximum Gasteiger partial charge on any atom is 0.236 e. The molecule has 0 spiro atoms. The Morgan fingerprint density at radius 3 is 2.36 bits per heavy atom. The average molecular weight is 414 g/mol. The number of amides is 1. The summed E-state index contributed by atoms with van der Waals surface area (Å²) in [6, 6.07) is 5.80. The third-order valence-electron chi connectivity index (χ3n) is 4.80. The number of ether oxygens (including phenoxy) is 2. The molecule has 1 saturated heterocycles. The van der Waals surface area contributed by atoms with Gasteiger partial charge in [0.2, 0.25) is 15.9 Å². The van der Waals surface area contributed by atoms with Gasteiger partial charge in [0.1, 0.15) is 0 Å². The zero-order valence-corrected chi connectivity index (χ0v) is 18.0. The predicted octanol–water partition coefficient (Wildman–Crippen LogP) is 1.02. The largest absolute Gasteiger partial charge is 0.493 e. The highest BCUT2D eigenvalue weighted by atomic mass is 32.2. The Morgan fingerprint density at radius 2 is 1.82 bits per heavy atom. The monoisotopic (exact) mass is 413 g/mol. The molecule has 1 aromatic carbocycles. The van der Waals surface area contributed by atoms with Crippen LogP contribution in [0, 0.1) is 0 Å². The number of carbonyl (C=O) groups excluding carboxylic acids is 1. The molecule has 0 aliphatic carbocycles. The lowest BCUT2D eigenvalue weighted by molar-refractivity contribution is -0.133. The van der Waals surface area contributed by atoms with Crippen LogP contribution in [0.25, 0.3) is 0 Å². The second-order valence-electron chi connectivity index (χ2n) is 6.76. The molecule has 9 heteroatoms. The van der Waals surface area contributed by atoms with E-state index in [0.29, 0.717) is 57.4 Å². The Bertz CT molecular complexity index is 761. The van der Waals surface area contributed by atoms with Gasteiger partial charge in [-0.1, -0.05) is 13.0 Å². The normalized spacial score (nSPS) is 15.7. The van der Waals surface area contributed by atoms with E-state index >= 15 is 0 Å². The molecule has 0 bridgehead atoms. The molecule has 0 N–H and O–H groups in total. The molecule has 1 fully saturated rings. The number of hydrogen-bond donors (Lipinski definition) is 0. The summed E-state index contributed by atoms with van der Waals surface area (Å²) >= 11 is 0. The van der Waals surface area contributed by atoms with Gasteiger partial charge in [0.25, 0.3) is 0 Å². The Kier molecular flexibility index (Phi) is 8.09. The molecule has 8 nitrogen and oxygen atoms in total. The first-order valence-electron chi connectivity index (χ1n) is 9.53. The molecule has 28 heavy (non-hydrogen) atoms. The van der Waals surface area contributed by atoms with E-state index in [1.165, 1.54) is 10.6 Å². The molecule has 0 unspecified atom stereocenters. The molecule has 0 radical (unpaired) electrons. The first-order chi connectivity index (χ1) is 13.3. The smallest absolute Gasteiger partial charge is 0.236 e. The molecule has 2 rings (SSSR count). The number of likely N-dealkylation sites (N-methyl/N-ethyl adjacent to an activating group) is 1. The summed E-state index contributed by atoms with van der Waals surface area (Å²) in [6.07, 6.45) is 1.20. The van der Waals surface area contributed by atoms with Crippen LogP contribution in [0.3, 0.4) is 0 Å². The van der Waals surface area contributed by atoms with Crippen LogP contribution in [0.2, 0.25) is 0 Å². The van der Waals surface area contributed by atoms with Crippen molar-refractivity contribution >= 4 is 15.9 Å². The van der Waals surface area contributed by atoms with E-state index in [1.807, 2.05) is 32.0 Å². The van der Waals surface area contributed by atoms with Crippen molar-refractivity contribution in [3.8, 4) is 11.5 Å². The van der Waals surface area contributed by atoms with Crippen molar-refractivity contribution in [1.29, 1.82) is 0 Å². The molecule has 158 valence electrons. The van der Waals surface area contributed by atoms with Crippen molar-refractivity contribution in [2.75, 3.05) is 59.2 Å². The summed E-state index contributed by atoms with van der Waals surface area (Å²) < 4.78 is 35.6. The first kappa shape index (κ1) is 22.4. The fraction of sp³-hybridized carbons (Fsp3) is 0.632. The highest BCUT2D eigenvalue weighted by Gasteiger charge is 2.26. The van der Waals surface area contributed by atoms with E-state index in [1.54, 1.807) is 12.0 Å². The summed E-state index contributed by atoms with van der Waals surface area (Å²) in [5.74, 6) is 1.41. The number of carbonyl (C=O) groups is 1. The number of rotatable bonds is 9. The number of hydrogen-bond acceptors (Lipinski definition) is 6. The van der Waals surface area contributed by atoms with E-state index in [-0.39, 0.29) is 5.91 Å². The summed E-state index contributed by atoms with van der Waals surface area (Å²) in [5, 5.41) is 0. The molecule has 1 amide bonds. The van der Waals surface area contributed by atoms with Crippen molar-refractivity contribution in [2.45, 2.75) is 20.4 Å². The predicted molar refractivity (Wildman–Crippen MR) is 108 cm³/mol. The highest BCUT2D eigenvalue weighted by molar-refractivity contribution is 7.88. The van der Waals surface area contributed by atoms with Crippen LogP contribution in [0.15, 0.2) is 18.2 Å². The van der Waals surface area contributed by atoms with Crippen LogP contribution in [0.1, 0.15) is 19.4 Å². The molecule has 0 aromatic heterocycles. The van der Waals surface area contributed by atoms with E-state index < -0.39 is 10.0 Å².